The van der Waals surface area contributed by atoms with Gasteiger partial charge >= 0.3 is 0 Å². The summed E-state index contributed by atoms with van der Waals surface area (Å²) in [7, 11) is 0. The Balaban J connectivity index is 1.30. The fourth-order valence-electron chi connectivity index (χ4n) is 3.94. The minimum atomic E-state index is -0.358. The van der Waals surface area contributed by atoms with Crippen LogP contribution >= 0.6 is 0 Å². The summed E-state index contributed by atoms with van der Waals surface area (Å²) >= 11 is 0. The van der Waals surface area contributed by atoms with Crippen molar-refractivity contribution in [3.8, 4) is 0 Å². The molecule has 1 amide bonds. The molecule has 2 fully saturated rings. The zero-order valence-corrected chi connectivity index (χ0v) is 16.5. The van der Waals surface area contributed by atoms with Gasteiger partial charge in [-0.15, -0.1) is 0 Å². The number of pyridine rings is 1. The van der Waals surface area contributed by atoms with Crippen molar-refractivity contribution in [1.29, 1.82) is 0 Å². The lowest BCUT2D eigenvalue weighted by Crippen LogP contribution is -2.42. The Bertz CT molecular complexity index is 824. The number of nitrogens with zero attached hydrogens (tertiary/aromatic N) is 3. The number of morpholine rings is 1. The topological polar surface area (TPSA) is 57.7 Å². The van der Waals surface area contributed by atoms with E-state index in [0.29, 0.717) is 30.9 Å². The van der Waals surface area contributed by atoms with Gasteiger partial charge in [-0.1, -0.05) is 18.2 Å². The average Bonchev–Trinajstić information content (AvgIpc) is 2.75. The number of nitrogens with one attached hydrogen (secondary N) is 1. The lowest BCUT2D eigenvalue weighted by Gasteiger charge is -2.32. The number of amides is 1. The number of carbonyl (C=O) groups excluding carboxylic acids is 1. The van der Waals surface area contributed by atoms with Crippen molar-refractivity contribution < 1.29 is 13.9 Å². The Kier molecular flexibility index (Phi) is 6.36. The summed E-state index contributed by atoms with van der Waals surface area (Å²) in [5, 5.41) is 2.91. The third kappa shape index (κ3) is 5.10. The second-order valence-electron chi connectivity index (χ2n) is 7.62. The summed E-state index contributed by atoms with van der Waals surface area (Å²) in [6, 6.07) is 10.5. The quantitative estimate of drug-likeness (QED) is 0.838. The molecule has 1 N–H and O–H groups in total. The van der Waals surface area contributed by atoms with Crippen molar-refractivity contribution in [2.45, 2.75) is 25.4 Å². The van der Waals surface area contributed by atoms with Gasteiger partial charge in [-0.2, -0.15) is 0 Å². The summed E-state index contributed by atoms with van der Waals surface area (Å²) < 4.78 is 19.7. The van der Waals surface area contributed by atoms with Gasteiger partial charge < -0.3 is 15.0 Å². The van der Waals surface area contributed by atoms with E-state index in [2.05, 4.69) is 15.2 Å². The van der Waals surface area contributed by atoms with E-state index in [4.69, 9.17) is 4.74 Å². The first-order valence-corrected chi connectivity index (χ1v) is 10.3. The molecule has 1 aromatic heterocycles. The van der Waals surface area contributed by atoms with E-state index in [1.54, 1.807) is 24.4 Å². The van der Waals surface area contributed by atoms with Crippen LogP contribution in [-0.4, -0.2) is 55.1 Å². The van der Waals surface area contributed by atoms with E-state index < -0.39 is 0 Å². The average molecular weight is 398 g/mol. The highest BCUT2D eigenvalue weighted by Crippen LogP contribution is 2.24. The SMILES string of the molecule is O=C(CN1CCOC(c2ccccc2F)C1)Nc1ccc(N2CCCCC2)nc1. The Morgan fingerprint density at radius 3 is 2.72 bits per heavy atom. The number of aromatic nitrogens is 1. The zero-order chi connectivity index (χ0) is 20.1. The molecule has 1 atom stereocenters. The molecule has 0 spiro atoms. The third-order valence-electron chi connectivity index (χ3n) is 5.48. The molecule has 2 aromatic rings. The van der Waals surface area contributed by atoms with Gasteiger partial charge in [0.15, 0.2) is 0 Å². The number of ether oxygens (including phenoxy) is 1. The van der Waals surface area contributed by atoms with E-state index in [9.17, 15) is 9.18 Å². The predicted molar refractivity (Wildman–Crippen MR) is 110 cm³/mol. The predicted octanol–water partition coefficient (Wildman–Crippen LogP) is 3.22. The molecule has 0 aliphatic carbocycles. The van der Waals surface area contributed by atoms with Crippen molar-refractivity contribution in [2.24, 2.45) is 0 Å². The third-order valence-corrected chi connectivity index (χ3v) is 5.48. The molecule has 0 saturated carbocycles. The molecular weight excluding hydrogens is 371 g/mol. The van der Waals surface area contributed by atoms with Crippen LogP contribution in [0.3, 0.4) is 0 Å². The smallest absolute Gasteiger partial charge is 0.238 e. The molecule has 0 radical (unpaired) electrons. The van der Waals surface area contributed by atoms with Gasteiger partial charge in [0.2, 0.25) is 5.91 Å². The van der Waals surface area contributed by atoms with E-state index in [1.807, 2.05) is 17.0 Å². The minimum Gasteiger partial charge on any atom is -0.371 e. The number of carbonyl (C=O) groups is 1. The van der Waals surface area contributed by atoms with Gasteiger partial charge in [0, 0.05) is 31.7 Å². The number of hydrogen-bond donors (Lipinski definition) is 1. The van der Waals surface area contributed by atoms with Crippen LogP contribution in [0, 0.1) is 5.82 Å². The van der Waals surface area contributed by atoms with Gasteiger partial charge in [0.05, 0.1) is 31.1 Å². The van der Waals surface area contributed by atoms with Crippen LogP contribution in [0.25, 0.3) is 0 Å². The fraction of sp³-hybridized carbons (Fsp3) is 0.455. The molecular formula is C22H27FN4O2. The summed E-state index contributed by atoms with van der Waals surface area (Å²) in [6.07, 6.45) is 5.04. The largest absolute Gasteiger partial charge is 0.371 e. The van der Waals surface area contributed by atoms with Crippen molar-refractivity contribution in [3.63, 3.8) is 0 Å². The van der Waals surface area contributed by atoms with Crippen LogP contribution < -0.4 is 10.2 Å². The van der Waals surface area contributed by atoms with Crippen LogP contribution in [0.2, 0.25) is 0 Å². The number of piperidine rings is 1. The summed E-state index contributed by atoms with van der Waals surface area (Å²) in [4.78, 5) is 21.2. The van der Waals surface area contributed by atoms with E-state index in [1.165, 1.54) is 25.3 Å². The summed E-state index contributed by atoms with van der Waals surface area (Å²) in [5.74, 6) is 0.582. The van der Waals surface area contributed by atoms with Crippen molar-refractivity contribution in [2.75, 3.05) is 49.5 Å². The maximum atomic E-state index is 14.0. The van der Waals surface area contributed by atoms with Gasteiger partial charge in [0.25, 0.3) is 0 Å². The van der Waals surface area contributed by atoms with Crippen molar-refractivity contribution in [3.05, 3.63) is 54.0 Å². The Labute approximate surface area is 170 Å². The molecule has 2 aliphatic rings. The monoisotopic (exact) mass is 398 g/mol. The number of rotatable bonds is 5. The van der Waals surface area contributed by atoms with Gasteiger partial charge in [-0.05, 0) is 37.5 Å². The van der Waals surface area contributed by atoms with Gasteiger partial charge in [0.1, 0.15) is 11.6 Å². The highest BCUT2D eigenvalue weighted by Gasteiger charge is 2.25. The van der Waals surface area contributed by atoms with Crippen molar-refractivity contribution in [1.82, 2.24) is 9.88 Å². The second kappa shape index (κ2) is 9.33. The molecule has 6 nitrogen and oxygen atoms in total. The highest BCUT2D eigenvalue weighted by atomic mass is 19.1. The molecule has 2 aliphatic heterocycles. The summed E-state index contributed by atoms with van der Waals surface area (Å²) in [5.41, 5.74) is 1.23. The Hall–Kier alpha value is -2.51. The lowest BCUT2D eigenvalue weighted by atomic mass is 10.1. The standard InChI is InChI=1S/C22H27FN4O2/c23-19-7-3-2-6-18(19)20-15-26(12-13-29-20)16-22(28)25-17-8-9-21(24-14-17)27-10-4-1-5-11-27/h2-3,6-9,14,20H,1,4-5,10-13,15-16H2,(H,25,28). The van der Waals surface area contributed by atoms with Gasteiger partial charge in [-0.25, -0.2) is 9.37 Å². The molecule has 154 valence electrons. The molecule has 0 bridgehead atoms. The zero-order valence-electron chi connectivity index (χ0n) is 16.5. The first kappa shape index (κ1) is 19.8. The Morgan fingerprint density at radius 1 is 1.14 bits per heavy atom. The maximum Gasteiger partial charge on any atom is 0.238 e. The Morgan fingerprint density at radius 2 is 1.97 bits per heavy atom. The first-order chi connectivity index (χ1) is 14.2. The van der Waals surface area contributed by atoms with E-state index >= 15 is 0 Å². The second-order valence-corrected chi connectivity index (χ2v) is 7.62. The molecule has 29 heavy (non-hydrogen) atoms. The minimum absolute atomic E-state index is 0.105. The first-order valence-electron chi connectivity index (χ1n) is 10.3. The van der Waals surface area contributed by atoms with Crippen LogP contribution in [0.4, 0.5) is 15.9 Å². The van der Waals surface area contributed by atoms with Crippen LogP contribution in [-0.2, 0) is 9.53 Å². The molecule has 4 rings (SSSR count). The fourth-order valence-corrected chi connectivity index (χ4v) is 3.94. The van der Waals surface area contributed by atoms with Crippen LogP contribution in [0.1, 0.15) is 30.9 Å². The highest BCUT2D eigenvalue weighted by molar-refractivity contribution is 5.92. The van der Waals surface area contributed by atoms with Crippen molar-refractivity contribution >= 4 is 17.4 Å². The molecule has 1 unspecified atom stereocenters. The molecule has 2 saturated heterocycles. The lowest BCUT2D eigenvalue weighted by molar-refractivity contribution is -0.119. The maximum absolute atomic E-state index is 14.0. The van der Waals surface area contributed by atoms with Crippen LogP contribution in [0.5, 0.6) is 0 Å². The van der Waals surface area contributed by atoms with Crippen LogP contribution in [0.15, 0.2) is 42.6 Å². The van der Waals surface area contributed by atoms with Gasteiger partial charge in [-0.3, -0.25) is 9.69 Å². The summed E-state index contributed by atoms with van der Waals surface area (Å²) in [6.45, 7) is 3.92. The number of benzene rings is 1. The molecule has 7 heteroatoms. The number of halogens is 1. The number of hydrogen-bond acceptors (Lipinski definition) is 5. The molecule has 3 heterocycles. The van der Waals surface area contributed by atoms with E-state index in [-0.39, 0.29) is 24.4 Å². The van der Waals surface area contributed by atoms with E-state index in [0.717, 1.165) is 18.9 Å². The number of anilines is 2. The molecule has 1 aromatic carbocycles. The normalized spacial score (nSPS) is 20.4.